The van der Waals surface area contributed by atoms with Gasteiger partial charge < -0.3 is 9.15 Å². The number of furan rings is 1. The fraction of sp³-hybridized carbons (Fsp3) is 0.444. The Kier molecular flexibility index (Phi) is 4.44. The summed E-state index contributed by atoms with van der Waals surface area (Å²) in [4.78, 5) is 40.4. The smallest absolute Gasteiger partial charge is 0.466 e. The van der Waals surface area contributed by atoms with Crippen LogP contribution in [0.1, 0.15) is 31.4 Å². The number of hydrogen-bond acceptors (Lipinski definition) is 6. The van der Waals surface area contributed by atoms with Gasteiger partial charge in [0, 0.05) is 0 Å². The number of rotatable bonds is 4. The molecule has 1 atom stereocenters. The molecule has 1 aromatic rings. The average molecular weight is 375 g/mol. The van der Waals surface area contributed by atoms with Crippen LogP contribution in [0.5, 0.6) is 0 Å². The number of thioether (sulfide) groups is 1. The number of ether oxygens (including phenoxy) is 1. The van der Waals surface area contributed by atoms with Gasteiger partial charge in [-0.3, -0.25) is 0 Å². The van der Waals surface area contributed by atoms with Crippen LogP contribution in [0.2, 0.25) is 0 Å². The zero-order valence-electron chi connectivity index (χ0n) is 14.4. The molecule has 1 aliphatic carbocycles. The molecule has 0 spiro atoms. The predicted octanol–water partition coefficient (Wildman–Crippen LogP) is 2.52. The number of nitrogens with zero attached hydrogens (tertiary/aromatic N) is 2. The van der Waals surface area contributed by atoms with Gasteiger partial charge in [-0.25, -0.2) is 9.59 Å². The number of amides is 3. The topological polar surface area (TPSA) is 79.8 Å². The maximum atomic E-state index is 13.2. The lowest BCUT2D eigenvalue weighted by Gasteiger charge is -2.25. The molecule has 0 radical (unpaired) electrons. The van der Waals surface area contributed by atoms with E-state index in [1.807, 2.05) is 0 Å². The number of fused-ring (bicyclic) bond motifs is 2. The number of imide groups is 1. The molecule has 1 unspecified atom stereocenters. The van der Waals surface area contributed by atoms with E-state index in [9.17, 15) is 14.4 Å². The molecule has 8 heteroatoms. The summed E-state index contributed by atoms with van der Waals surface area (Å²) in [7, 11) is 1.29. The molecular formula is C18H19N2O5S+. The summed E-state index contributed by atoms with van der Waals surface area (Å²) in [6.07, 6.45) is 5.41. The van der Waals surface area contributed by atoms with E-state index in [1.165, 1.54) is 39.5 Å². The molecule has 0 aromatic carbocycles. The highest BCUT2D eigenvalue weighted by molar-refractivity contribution is 8.17. The number of carbonyl (C=O) groups excluding carboxylic acids is 3. The van der Waals surface area contributed by atoms with Crippen molar-refractivity contribution in [1.29, 1.82) is 0 Å². The Morgan fingerprint density at radius 3 is 2.92 bits per heavy atom. The first-order valence-corrected chi connectivity index (χ1v) is 9.40. The summed E-state index contributed by atoms with van der Waals surface area (Å²) < 4.78 is 11.4. The molecular weight excluding hydrogens is 356 g/mol. The minimum atomic E-state index is -0.512. The maximum absolute atomic E-state index is 13.2. The van der Waals surface area contributed by atoms with E-state index in [4.69, 9.17) is 9.15 Å². The first kappa shape index (κ1) is 17.1. The number of methoxy groups -OCH3 is 1. The van der Waals surface area contributed by atoms with Crippen molar-refractivity contribution in [3.05, 3.63) is 34.6 Å². The number of carbonyl (C=O) groups is 3. The zero-order chi connectivity index (χ0) is 18.3. The summed E-state index contributed by atoms with van der Waals surface area (Å²) in [6, 6.07) is 2.93. The van der Waals surface area contributed by atoms with Crippen LogP contribution in [0.3, 0.4) is 0 Å². The maximum Gasteiger partial charge on any atom is 0.502 e. The fourth-order valence-corrected chi connectivity index (χ4v) is 5.12. The molecule has 0 bridgehead atoms. The molecule has 3 heterocycles. The van der Waals surface area contributed by atoms with Gasteiger partial charge >= 0.3 is 17.9 Å². The number of esters is 1. The van der Waals surface area contributed by atoms with Crippen LogP contribution in [-0.2, 0) is 20.9 Å². The van der Waals surface area contributed by atoms with Crippen molar-refractivity contribution in [2.45, 2.75) is 32.2 Å². The van der Waals surface area contributed by atoms with E-state index in [1.54, 1.807) is 12.1 Å². The highest BCUT2D eigenvalue weighted by Gasteiger charge is 2.54. The van der Waals surface area contributed by atoms with Crippen molar-refractivity contribution in [3.63, 3.8) is 0 Å². The van der Waals surface area contributed by atoms with E-state index in [2.05, 4.69) is 0 Å². The van der Waals surface area contributed by atoms with E-state index >= 15 is 0 Å². The summed E-state index contributed by atoms with van der Waals surface area (Å²) in [5, 5.41) is 0.646. The molecule has 0 saturated heterocycles. The molecule has 26 heavy (non-hydrogen) atoms. The Hall–Kier alpha value is -2.35. The first-order valence-electron chi connectivity index (χ1n) is 8.59. The van der Waals surface area contributed by atoms with Gasteiger partial charge in [-0.05, 0) is 48.3 Å². The summed E-state index contributed by atoms with van der Waals surface area (Å²) in [5.41, 5.74) is 1.10. The highest BCUT2D eigenvalue weighted by Crippen LogP contribution is 2.47. The SMILES string of the molecule is COC(=O)C[N+]1=C2SC3=C(CCCC3)C2C(=O)N(Cc2ccco2)C1=O. The first-order chi connectivity index (χ1) is 12.6. The van der Waals surface area contributed by atoms with E-state index in [0.29, 0.717) is 10.8 Å². The van der Waals surface area contributed by atoms with Gasteiger partial charge in [0.05, 0.1) is 13.4 Å². The fourth-order valence-electron chi connectivity index (χ4n) is 3.66. The standard InChI is InChI=1S/C18H19N2O5S/c1-24-14(21)10-20-17-15(12-6-2-3-7-13(12)26-17)16(22)19(18(20)23)9-11-5-4-8-25-11/h4-5,8,15H,2-3,6-7,9-10H2,1H3/q+1. The van der Waals surface area contributed by atoms with Crippen LogP contribution in [-0.4, -0.2) is 46.1 Å². The Bertz CT molecular complexity index is 840. The van der Waals surface area contributed by atoms with Crippen LogP contribution in [0.15, 0.2) is 33.3 Å². The van der Waals surface area contributed by atoms with Gasteiger partial charge in [0.25, 0.3) is 0 Å². The second-order valence-electron chi connectivity index (χ2n) is 6.48. The van der Waals surface area contributed by atoms with Crippen LogP contribution < -0.4 is 0 Å². The molecule has 0 N–H and O–H groups in total. The van der Waals surface area contributed by atoms with E-state index in [-0.39, 0.29) is 19.0 Å². The minimum absolute atomic E-state index is 0.0550. The van der Waals surface area contributed by atoms with Crippen molar-refractivity contribution >= 4 is 34.7 Å². The summed E-state index contributed by atoms with van der Waals surface area (Å²) >= 11 is 1.48. The van der Waals surface area contributed by atoms with Gasteiger partial charge in [-0.1, -0.05) is 11.8 Å². The second kappa shape index (κ2) is 6.75. The molecule has 7 nitrogen and oxygen atoms in total. The van der Waals surface area contributed by atoms with Crippen LogP contribution in [0.25, 0.3) is 0 Å². The van der Waals surface area contributed by atoms with Gasteiger partial charge in [0.15, 0.2) is 24.1 Å². The molecule has 4 rings (SSSR count). The second-order valence-corrected chi connectivity index (χ2v) is 7.59. The zero-order valence-corrected chi connectivity index (χ0v) is 15.2. The van der Waals surface area contributed by atoms with Crippen molar-refractivity contribution in [2.75, 3.05) is 13.7 Å². The van der Waals surface area contributed by atoms with Crippen LogP contribution >= 0.6 is 11.8 Å². The monoisotopic (exact) mass is 375 g/mol. The van der Waals surface area contributed by atoms with Crippen molar-refractivity contribution in [2.24, 2.45) is 5.92 Å². The quantitative estimate of drug-likeness (QED) is 0.594. The third-order valence-electron chi connectivity index (χ3n) is 4.93. The minimum Gasteiger partial charge on any atom is -0.466 e. The Balaban J connectivity index is 1.75. The molecule has 3 amide bonds. The number of allylic oxidation sites excluding steroid dienone is 1. The molecule has 2 aliphatic heterocycles. The summed E-state index contributed by atoms with van der Waals surface area (Å²) in [5.74, 6) is -0.687. The lowest BCUT2D eigenvalue weighted by atomic mass is 9.88. The van der Waals surface area contributed by atoms with E-state index in [0.717, 1.165) is 31.3 Å². The number of hydrogen-bond donors (Lipinski definition) is 0. The Morgan fingerprint density at radius 1 is 1.38 bits per heavy atom. The molecule has 1 aromatic heterocycles. The van der Waals surface area contributed by atoms with Gasteiger partial charge in [0.2, 0.25) is 0 Å². The lowest BCUT2D eigenvalue weighted by molar-refractivity contribution is -0.429. The molecule has 0 saturated carbocycles. The number of urea groups is 1. The van der Waals surface area contributed by atoms with Gasteiger partial charge in [-0.2, -0.15) is 14.3 Å². The lowest BCUT2D eigenvalue weighted by Crippen LogP contribution is -2.54. The highest BCUT2D eigenvalue weighted by atomic mass is 32.2. The average Bonchev–Trinajstić information content (AvgIpc) is 3.29. The molecule has 0 fully saturated rings. The van der Waals surface area contributed by atoms with Gasteiger partial charge in [0.1, 0.15) is 5.76 Å². The van der Waals surface area contributed by atoms with Crippen molar-refractivity contribution < 1.29 is 28.1 Å². The normalized spacial score (nSPS) is 22.7. The largest absolute Gasteiger partial charge is 0.502 e. The summed E-state index contributed by atoms with van der Waals surface area (Å²) in [6.45, 7) is -0.143. The van der Waals surface area contributed by atoms with Crippen LogP contribution in [0.4, 0.5) is 4.79 Å². The van der Waals surface area contributed by atoms with E-state index < -0.39 is 17.9 Å². The predicted molar refractivity (Wildman–Crippen MR) is 93.4 cm³/mol. The molecule has 136 valence electrons. The molecule has 3 aliphatic rings. The Morgan fingerprint density at radius 2 is 2.19 bits per heavy atom. The van der Waals surface area contributed by atoms with Crippen molar-refractivity contribution in [1.82, 2.24) is 4.90 Å². The third-order valence-corrected chi connectivity index (χ3v) is 6.31. The van der Waals surface area contributed by atoms with Crippen molar-refractivity contribution in [3.8, 4) is 0 Å². The Labute approximate surface area is 154 Å². The van der Waals surface area contributed by atoms with Gasteiger partial charge in [-0.15, -0.1) is 0 Å². The third kappa shape index (κ3) is 2.78. The van der Waals surface area contributed by atoms with Crippen LogP contribution in [0, 0.1) is 5.92 Å².